The molecule has 2 aromatic rings. The number of benzene rings is 1. The minimum Gasteiger partial charge on any atom is -0.338 e. The Bertz CT molecular complexity index is 786. The number of hydrogen-bond donors (Lipinski definition) is 0. The van der Waals surface area contributed by atoms with Gasteiger partial charge in [0.25, 0.3) is 5.56 Å². The van der Waals surface area contributed by atoms with E-state index in [1.165, 1.54) is 4.68 Å². The quantitative estimate of drug-likeness (QED) is 0.809. The normalized spacial score (nSPS) is 17.8. The zero-order valence-electron chi connectivity index (χ0n) is 14.2. The van der Waals surface area contributed by atoms with E-state index in [2.05, 4.69) is 15.2 Å². The lowest BCUT2D eigenvalue weighted by Crippen LogP contribution is -2.42. The van der Waals surface area contributed by atoms with E-state index in [9.17, 15) is 9.59 Å². The van der Waals surface area contributed by atoms with Gasteiger partial charge in [0, 0.05) is 25.6 Å². The van der Waals surface area contributed by atoms with Gasteiger partial charge in [-0.3, -0.25) is 9.59 Å². The Labute approximate surface area is 140 Å². The summed E-state index contributed by atoms with van der Waals surface area (Å²) in [6.45, 7) is 1.94. The average Bonchev–Trinajstić information content (AvgIpc) is 3.01. The molecular weight excluding hydrogens is 306 g/mol. The van der Waals surface area contributed by atoms with Gasteiger partial charge in [0.05, 0.1) is 11.9 Å². The van der Waals surface area contributed by atoms with Gasteiger partial charge in [-0.25, -0.2) is 4.68 Å². The molecule has 24 heavy (non-hydrogen) atoms. The fourth-order valence-corrected chi connectivity index (χ4v) is 3.29. The van der Waals surface area contributed by atoms with Gasteiger partial charge in [-0.1, -0.05) is 17.3 Å². The molecule has 7 heteroatoms. The third kappa shape index (κ3) is 3.46. The number of rotatable bonds is 5. The highest BCUT2D eigenvalue weighted by molar-refractivity contribution is 5.77. The zero-order chi connectivity index (χ0) is 17.1. The Morgan fingerprint density at radius 2 is 2.12 bits per heavy atom. The lowest BCUT2D eigenvalue weighted by molar-refractivity contribution is -0.132. The van der Waals surface area contributed by atoms with E-state index in [0.717, 1.165) is 25.9 Å². The summed E-state index contributed by atoms with van der Waals surface area (Å²) in [6, 6.07) is 7.39. The van der Waals surface area contributed by atoms with Crippen molar-refractivity contribution in [3.63, 3.8) is 0 Å². The summed E-state index contributed by atoms with van der Waals surface area (Å²) in [4.78, 5) is 29.0. The third-order valence-corrected chi connectivity index (χ3v) is 4.44. The summed E-state index contributed by atoms with van der Waals surface area (Å²) in [7, 11) is 4.04. The van der Waals surface area contributed by atoms with Gasteiger partial charge in [-0.05, 0) is 39.1 Å². The molecule has 0 saturated carbocycles. The van der Waals surface area contributed by atoms with Crippen LogP contribution in [-0.2, 0) is 11.3 Å². The van der Waals surface area contributed by atoms with Crippen molar-refractivity contribution in [3.05, 3.63) is 34.6 Å². The lowest BCUT2D eigenvalue weighted by atomic mass is 10.2. The van der Waals surface area contributed by atoms with Gasteiger partial charge in [-0.15, -0.1) is 5.10 Å². The van der Waals surface area contributed by atoms with Crippen LogP contribution in [0.15, 0.2) is 29.1 Å². The summed E-state index contributed by atoms with van der Waals surface area (Å²) in [5.74, 6) is 0.0845. The monoisotopic (exact) mass is 329 g/mol. The number of carbonyl (C=O) groups is 1. The molecule has 1 atom stereocenters. The first kappa shape index (κ1) is 16.6. The lowest BCUT2D eigenvalue weighted by Gasteiger charge is -2.27. The molecule has 1 saturated heterocycles. The Kier molecular flexibility index (Phi) is 4.89. The topological polar surface area (TPSA) is 71.3 Å². The van der Waals surface area contributed by atoms with Crippen LogP contribution in [0.25, 0.3) is 10.9 Å². The van der Waals surface area contributed by atoms with E-state index in [0.29, 0.717) is 10.9 Å². The smallest absolute Gasteiger partial charge is 0.277 e. The Morgan fingerprint density at radius 3 is 2.92 bits per heavy atom. The molecule has 3 rings (SSSR count). The highest BCUT2D eigenvalue weighted by Gasteiger charge is 2.28. The van der Waals surface area contributed by atoms with Gasteiger partial charge in [0.15, 0.2) is 0 Å². The minimum absolute atomic E-state index is 0.0845. The van der Waals surface area contributed by atoms with Gasteiger partial charge < -0.3 is 9.80 Å². The van der Waals surface area contributed by atoms with E-state index in [1.54, 1.807) is 18.2 Å². The maximum Gasteiger partial charge on any atom is 0.277 e. The van der Waals surface area contributed by atoms with Crippen molar-refractivity contribution in [2.45, 2.75) is 31.8 Å². The number of likely N-dealkylation sites (N-methyl/N-ethyl adjacent to an activating group) is 1. The number of aryl methyl sites for hydroxylation is 1. The number of aromatic nitrogens is 3. The standard InChI is InChI=1S/C17H23N5O2/c1-20(2)12-13-6-5-10-21(13)16(23)9-11-22-17(24)14-7-3-4-8-15(14)18-19-22/h3-4,7-8,13H,5-6,9-12H2,1-2H3/t13-/m1/s1. The number of amides is 1. The van der Waals surface area contributed by atoms with E-state index in [1.807, 2.05) is 25.1 Å². The zero-order valence-corrected chi connectivity index (χ0v) is 14.2. The maximum atomic E-state index is 12.5. The van der Waals surface area contributed by atoms with Gasteiger partial charge in [-0.2, -0.15) is 0 Å². The van der Waals surface area contributed by atoms with E-state index in [4.69, 9.17) is 0 Å². The highest BCUT2D eigenvalue weighted by atomic mass is 16.2. The molecule has 7 nitrogen and oxygen atoms in total. The molecule has 128 valence electrons. The van der Waals surface area contributed by atoms with Crippen molar-refractivity contribution in [2.24, 2.45) is 0 Å². The Hall–Kier alpha value is -2.28. The molecule has 1 aromatic heterocycles. The van der Waals surface area contributed by atoms with Crippen LogP contribution in [0.1, 0.15) is 19.3 Å². The van der Waals surface area contributed by atoms with Crippen LogP contribution in [-0.4, -0.2) is 63.9 Å². The number of likely N-dealkylation sites (tertiary alicyclic amines) is 1. The molecule has 1 aliphatic rings. The molecule has 1 aliphatic heterocycles. The van der Waals surface area contributed by atoms with Crippen molar-refractivity contribution in [3.8, 4) is 0 Å². The van der Waals surface area contributed by atoms with Crippen molar-refractivity contribution in [1.82, 2.24) is 24.8 Å². The summed E-state index contributed by atoms with van der Waals surface area (Å²) in [5, 5.41) is 8.53. The van der Waals surface area contributed by atoms with Crippen molar-refractivity contribution >= 4 is 16.8 Å². The molecule has 0 spiro atoms. The first-order chi connectivity index (χ1) is 11.6. The molecule has 1 fully saturated rings. The largest absolute Gasteiger partial charge is 0.338 e. The Morgan fingerprint density at radius 1 is 1.33 bits per heavy atom. The predicted molar refractivity (Wildman–Crippen MR) is 91.7 cm³/mol. The molecule has 0 N–H and O–H groups in total. The van der Waals surface area contributed by atoms with E-state index >= 15 is 0 Å². The van der Waals surface area contributed by atoms with Crippen LogP contribution in [0, 0.1) is 0 Å². The first-order valence-corrected chi connectivity index (χ1v) is 8.33. The van der Waals surface area contributed by atoms with Crippen LogP contribution in [0.4, 0.5) is 0 Å². The van der Waals surface area contributed by atoms with Crippen LogP contribution < -0.4 is 5.56 Å². The second-order valence-electron chi connectivity index (χ2n) is 6.53. The Balaban J connectivity index is 1.68. The molecule has 0 bridgehead atoms. The predicted octanol–water partition coefficient (Wildman–Crippen LogP) is 0.734. The maximum absolute atomic E-state index is 12.5. The first-order valence-electron chi connectivity index (χ1n) is 8.33. The van der Waals surface area contributed by atoms with Crippen LogP contribution in [0.2, 0.25) is 0 Å². The van der Waals surface area contributed by atoms with Crippen molar-refractivity contribution in [2.75, 3.05) is 27.2 Å². The van der Waals surface area contributed by atoms with Crippen LogP contribution >= 0.6 is 0 Å². The van der Waals surface area contributed by atoms with Crippen LogP contribution in [0.5, 0.6) is 0 Å². The van der Waals surface area contributed by atoms with Gasteiger partial charge in [0.2, 0.25) is 5.91 Å². The molecule has 0 aliphatic carbocycles. The van der Waals surface area contributed by atoms with Crippen LogP contribution in [0.3, 0.4) is 0 Å². The van der Waals surface area contributed by atoms with Crippen molar-refractivity contribution in [1.29, 1.82) is 0 Å². The summed E-state index contributed by atoms with van der Waals surface area (Å²) < 4.78 is 1.29. The van der Waals surface area contributed by atoms with Gasteiger partial charge >= 0.3 is 0 Å². The second kappa shape index (κ2) is 7.09. The molecule has 2 heterocycles. The molecular formula is C17H23N5O2. The number of hydrogen-bond acceptors (Lipinski definition) is 5. The average molecular weight is 329 g/mol. The molecule has 1 aromatic carbocycles. The number of nitrogens with zero attached hydrogens (tertiary/aromatic N) is 5. The summed E-state index contributed by atoms with van der Waals surface area (Å²) >= 11 is 0. The van der Waals surface area contributed by atoms with E-state index < -0.39 is 0 Å². The fraction of sp³-hybridized carbons (Fsp3) is 0.529. The summed E-state index contributed by atoms with van der Waals surface area (Å²) in [5.41, 5.74) is 0.385. The number of carbonyl (C=O) groups excluding carboxylic acids is 1. The fourth-order valence-electron chi connectivity index (χ4n) is 3.29. The molecule has 0 radical (unpaired) electrons. The second-order valence-corrected chi connectivity index (χ2v) is 6.53. The third-order valence-electron chi connectivity index (χ3n) is 4.44. The minimum atomic E-state index is -0.195. The highest BCUT2D eigenvalue weighted by Crippen LogP contribution is 2.18. The van der Waals surface area contributed by atoms with E-state index in [-0.39, 0.29) is 30.5 Å². The molecule has 1 amide bonds. The SMILES string of the molecule is CN(C)C[C@H]1CCCN1C(=O)CCn1nnc2ccccc2c1=O. The van der Waals surface area contributed by atoms with Gasteiger partial charge in [0.1, 0.15) is 5.52 Å². The summed E-state index contributed by atoms with van der Waals surface area (Å²) in [6.07, 6.45) is 2.36. The van der Waals surface area contributed by atoms with Crippen molar-refractivity contribution < 1.29 is 4.79 Å². The number of fused-ring (bicyclic) bond motifs is 1. The molecule has 0 unspecified atom stereocenters.